The summed E-state index contributed by atoms with van der Waals surface area (Å²) in [5.74, 6) is 0.311. The number of carboxylic acids is 1. The number of furan rings is 1. The Morgan fingerprint density at radius 1 is 1.53 bits per heavy atom. The van der Waals surface area contributed by atoms with E-state index in [1.54, 1.807) is 0 Å². The van der Waals surface area contributed by atoms with E-state index in [0.717, 1.165) is 25.7 Å². The number of carbonyl (C=O) groups is 1. The fourth-order valence-corrected chi connectivity index (χ4v) is 2.57. The minimum Gasteiger partial charge on any atom is -0.478 e. The highest BCUT2D eigenvalue weighted by Crippen LogP contribution is 2.31. The van der Waals surface area contributed by atoms with Gasteiger partial charge in [-0.15, -0.1) is 0 Å². The zero-order valence-corrected chi connectivity index (χ0v) is 11.2. The van der Waals surface area contributed by atoms with Crippen LogP contribution in [0.2, 0.25) is 0 Å². The van der Waals surface area contributed by atoms with Crippen molar-refractivity contribution in [3.63, 3.8) is 0 Å². The van der Waals surface area contributed by atoms with E-state index >= 15 is 0 Å². The molecule has 1 aliphatic rings. The van der Waals surface area contributed by atoms with Crippen LogP contribution in [0.3, 0.4) is 0 Å². The molecular weight excluding hydrogens is 246 g/mol. The summed E-state index contributed by atoms with van der Waals surface area (Å²) >= 11 is 0. The molecular formula is C14H21NO4. The molecule has 0 saturated heterocycles. The molecule has 3 N–H and O–H groups in total. The van der Waals surface area contributed by atoms with Gasteiger partial charge in [0, 0.05) is 5.54 Å². The van der Waals surface area contributed by atoms with E-state index in [0.29, 0.717) is 18.2 Å². The van der Waals surface area contributed by atoms with Crippen molar-refractivity contribution < 1.29 is 19.4 Å². The lowest BCUT2D eigenvalue weighted by Gasteiger charge is -2.38. The molecule has 2 rings (SSSR count). The van der Waals surface area contributed by atoms with Gasteiger partial charge in [-0.2, -0.15) is 0 Å². The molecule has 0 unspecified atom stereocenters. The average Bonchev–Trinajstić information content (AvgIpc) is 2.88. The van der Waals surface area contributed by atoms with Crippen LogP contribution in [0, 0.1) is 5.92 Å². The number of hydrogen-bond donors (Lipinski definition) is 3. The SMILES string of the molecule is CC1CCC(CO)(NCc2cc(C(=O)O)co2)CC1. The number of nitrogens with one attached hydrogen (secondary N) is 1. The Morgan fingerprint density at radius 2 is 2.21 bits per heavy atom. The number of aromatic carboxylic acids is 1. The lowest BCUT2D eigenvalue weighted by atomic mass is 9.77. The fraction of sp³-hybridized carbons (Fsp3) is 0.643. The normalized spacial score (nSPS) is 27.4. The van der Waals surface area contributed by atoms with Crippen molar-refractivity contribution in [2.75, 3.05) is 6.61 Å². The zero-order chi connectivity index (χ0) is 13.9. The highest BCUT2D eigenvalue weighted by atomic mass is 16.4. The van der Waals surface area contributed by atoms with E-state index in [4.69, 9.17) is 9.52 Å². The average molecular weight is 267 g/mol. The molecule has 1 fully saturated rings. The van der Waals surface area contributed by atoms with Crippen LogP contribution in [0.1, 0.15) is 48.7 Å². The van der Waals surface area contributed by atoms with E-state index in [2.05, 4.69) is 12.2 Å². The Morgan fingerprint density at radius 3 is 2.74 bits per heavy atom. The first kappa shape index (κ1) is 14.1. The monoisotopic (exact) mass is 267 g/mol. The second kappa shape index (κ2) is 5.75. The predicted octanol–water partition coefficient (Wildman–Crippen LogP) is 2.01. The Balaban J connectivity index is 1.93. The van der Waals surface area contributed by atoms with Crippen molar-refractivity contribution in [2.45, 2.75) is 44.7 Å². The van der Waals surface area contributed by atoms with Gasteiger partial charge in [-0.05, 0) is 37.7 Å². The summed E-state index contributed by atoms with van der Waals surface area (Å²) in [6.45, 7) is 2.78. The van der Waals surface area contributed by atoms with Crippen LogP contribution in [0.25, 0.3) is 0 Å². The molecule has 1 aliphatic carbocycles. The van der Waals surface area contributed by atoms with Crippen LogP contribution in [-0.4, -0.2) is 28.3 Å². The van der Waals surface area contributed by atoms with Crippen molar-refractivity contribution >= 4 is 5.97 Å². The smallest absolute Gasteiger partial charge is 0.338 e. The number of carboxylic acid groups (broad SMARTS) is 1. The highest BCUT2D eigenvalue weighted by molar-refractivity contribution is 5.87. The minimum absolute atomic E-state index is 0.103. The second-order valence-electron chi connectivity index (χ2n) is 5.58. The quantitative estimate of drug-likeness (QED) is 0.760. The molecule has 0 aromatic carbocycles. The molecule has 1 saturated carbocycles. The Kier molecular flexibility index (Phi) is 4.27. The van der Waals surface area contributed by atoms with E-state index in [9.17, 15) is 9.90 Å². The molecule has 1 heterocycles. The summed E-state index contributed by atoms with van der Waals surface area (Å²) in [6, 6.07) is 1.52. The molecule has 0 amide bonds. The van der Waals surface area contributed by atoms with Crippen LogP contribution in [0.5, 0.6) is 0 Å². The Labute approximate surface area is 112 Å². The Hall–Kier alpha value is -1.33. The third kappa shape index (κ3) is 3.36. The van der Waals surface area contributed by atoms with Crippen LogP contribution in [-0.2, 0) is 6.54 Å². The first-order chi connectivity index (χ1) is 9.04. The predicted molar refractivity (Wildman–Crippen MR) is 70.0 cm³/mol. The lowest BCUT2D eigenvalue weighted by Crippen LogP contribution is -2.50. The largest absolute Gasteiger partial charge is 0.478 e. The van der Waals surface area contributed by atoms with Gasteiger partial charge in [0.1, 0.15) is 12.0 Å². The standard InChI is InChI=1S/C14H21NO4/c1-10-2-4-14(9-16,5-3-10)15-7-12-6-11(8-19-12)13(17)18/h6,8,10,15-16H,2-5,7,9H2,1H3,(H,17,18). The summed E-state index contributed by atoms with van der Waals surface area (Å²) in [7, 11) is 0. The van der Waals surface area contributed by atoms with E-state index in [1.807, 2.05) is 0 Å². The van der Waals surface area contributed by atoms with Crippen molar-refractivity contribution in [3.05, 3.63) is 23.7 Å². The maximum Gasteiger partial charge on any atom is 0.338 e. The molecule has 0 radical (unpaired) electrons. The first-order valence-electron chi connectivity index (χ1n) is 6.71. The second-order valence-corrected chi connectivity index (χ2v) is 5.58. The minimum atomic E-state index is -0.988. The van der Waals surface area contributed by atoms with Gasteiger partial charge in [0.15, 0.2) is 0 Å². The van der Waals surface area contributed by atoms with Gasteiger partial charge in [-0.1, -0.05) is 6.92 Å². The number of aliphatic hydroxyl groups excluding tert-OH is 1. The van der Waals surface area contributed by atoms with Crippen LogP contribution in [0.15, 0.2) is 16.7 Å². The molecule has 0 bridgehead atoms. The zero-order valence-electron chi connectivity index (χ0n) is 11.2. The topological polar surface area (TPSA) is 82.7 Å². The first-order valence-corrected chi connectivity index (χ1v) is 6.71. The van der Waals surface area contributed by atoms with Gasteiger partial charge in [-0.3, -0.25) is 0 Å². The van der Waals surface area contributed by atoms with Crippen molar-refractivity contribution in [3.8, 4) is 0 Å². The van der Waals surface area contributed by atoms with Crippen molar-refractivity contribution in [1.82, 2.24) is 5.32 Å². The van der Waals surface area contributed by atoms with Crippen molar-refractivity contribution in [1.29, 1.82) is 0 Å². The van der Waals surface area contributed by atoms with Gasteiger partial charge in [-0.25, -0.2) is 4.79 Å². The summed E-state index contributed by atoms with van der Waals surface area (Å²) in [5.41, 5.74) is -0.0880. The van der Waals surface area contributed by atoms with Crippen molar-refractivity contribution in [2.24, 2.45) is 5.92 Å². The molecule has 0 aliphatic heterocycles. The fourth-order valence-electron chi connectivity index (χ4n) is 2.57. The third-order valence-electron chi connectivity index (χ3n) is 4.07. The maximum absolute atomic E-state index is 10.8. The van der Waals surface area contributed by atoms with E-state index < -0.39 is 5.97 Å². The molecule has 19 heavy (non-hydrogen) atoms. The number of aliphatic hydroxyl groups is 1. The lowest BCUT2D eigenvalue weighted by molar-refractivity contribution is 0.0696. The Bertz CT molecular complexity index is 432. The van der Waals surface area contributed by atoms with Gasteiger partial charge >= 0.3 is 5.97 Å². The van der Waals surface area contributed by atoms with Gasteiger partial charge < -0.3 is 19.9 Å². The molecule has 0 atom stereocenters. The van der Waals surface area contributed by atoms with Gasteiger partial charge in [0.25, 0.3) is 0 Å². The molecule has 1 aromatic heterocycles. The summed E-state index contributed by atoms with van der Waals surface area (Å²) in [6.07, 6.45) is 5.33. The number of hydrogen-bond acceptors (Lipinski definition) is 4. The molecule has 0 spiro atoms. The molecule has 1 aromatic rings. The molecule has 5 nitrogen and oxygen atoms in total. The number of rotatable bonds is 5. The highest BCUT2D eigenvalue weighted by Gasteiger charge is 2.33. The van der Waals surface area contributed by atoms with Crippen LogP contribution >= 0.6 is 0 Å². The van der Waals surface area contributed by atoms with E-state index in [-0.39, 0.29) is 17.7 Å². The van der Waals surface area contributed by atoms with E-state index in [1.165, 1.54) is 12.3 Å². The van der Waals surface area contributed by atoms with Crippen LogP contribution < -0.4 is 5.32 Å². The van der Waals surface area contributed by atoms with Gasteiger partial charge in [0.2, 0.25) is 0 Å². The van der Waals surface area contributed by atoms with Crippen LogP contribution in [0.4, 0.5) is 0 Å². The van der Waals surface area contributed by atoms with Gasteiger partial charge in [0.05, 0.1) is 18.7 Å². The molecule has 5 heteroatoms. The molecule has 106 valence electrons. The third-order valence-corrected chi connectivity index (χ3v) is 4.07. The maximum atomic E-state index is 10.8. The summed E-state index contributed by atoms with van der Waals surface area (Å²) < 4.78 is 5.20. The summed E-state index contributed by atoms with van der Waals surface area (Å²) in [5, 5.41) is 21.8. The summed E-state index contributed by atoms with van der Waals surface area (Å²) in [4.78, 5) is 10.8.